The quantitative estimate of drug-likeness (QED) is 0.538. The highest BCUT2D eigenvalue weighted by Crippen LogP contribution is 2.37. The number of benzene rings is 2. The van der Waals surface area contributed by atoms with Gasteiger partial charge < -0.3 is 0 Å². The fraction of sp³-hybridized carbons (Fsp3) is 0.174. The maximum Gasteiger partial charge on any atom is 0.433 e. The number of fused-ring (bicyclic) bond motifs is 2. The second kappa shape index (κ2) is 8.05. The number of aromatic nitrogens is 1. The Kier molecular flexibility index (Phi) is 5.54. The second-order valence-electron chi connectivity index (χ2n) is 7.55. The van der Waals surface area contributed by atoms with Crippen LogP contribution in [0.2, 0.25) is 0 Å². The molecule has 0 fully saturated rings. The van der Waals surface area contributed by atoms with Crippen LogP contribution in [-0.4, -0.2) is 19.7 Å². The molecule has 1 aliphatic carbocycles. The Balaban J connectivity index is 1.90. The number of nitrogens with zero attached hydrogens (tertiary/aromatic N) is 1. The van der Waals surface area contributed by atoms with E-state index in [1.165, 1.54) is 18.2 Å². The minimum atomic E-state index is -4.57. The summed E-state index contributed by atoms with van der Waals surface area (Å²) in [6, 6.07) is 13.2. The van der Waals surface area contributed by atoms with E-state index in [-0.39, 0.29) is 12.1 Å². The SMILES string of the molecule is CS(=O)(=O)Nc1cccc(/C=C2/c3ccc(F)cc3CCc3nc(C(F)(F)F)ccc32)c1. The van der Waals surface area contributed by atoms with Crippen molar-refractivity contribution in [3.63, 3.8) is 0 Å². The molecular formula is C23H18F4N2O2S. The van der Waals surface area contributed by atoms with Crippen molar-refractivity contribution in [1.82, 2.24) is 4.98 Å². The standard InChI is InChI=1S/C23H18F4N2O2S/c1-32(30,31)29-17-4-2-3-14(11-17)12-20-18-7-6-16(24)13-15(18)5-9-21-19(20)8-10-22(28-21)23(25,26)27/h2-4,6-8,10-13,29H,5,9H2,1H3/b20-12-. The molecule has 0 saturated carbocycles. The molecule has 2 aromatic carbocycles. The van der Waals surface area contributed by atoms with Gasteiger partial charge in [0.15, 0.2) is 0 Å². The zero-order valence-corrected chi connectivity index (χ0v) is 17.7. The van der Waals surface area contributed by atoms with Gasteiger partial charge in [0.2, 0.25) is 10.0 Å². The third kappa shape index (κ3) is 4.83. The summed E-state index contributed by atoms with van der Waals surface area (Å²) in [6.45, 7) is 0. The molecule has 0 atom stereocenters. The van der Waals surface area contributed by atoms with Gasteiger partial charge in [0.25, 0.3) is 0 Å². The molecule has 4 rings (SSSR count). The molecule has 1 aliphatic rings. The van der Waals surface area contributed by atoms with Gasteiger partial charge in [-0.05, 0) is 71.5 Å². The number of rotatable bonds is 3. The van der Waals surface area contributed by atoms with Crippen molar-refractivity contribution >= 4 is 27.4 Å². The smallest absolute Gasteiger partial charge is 0.284 e. The number of sulfonamides is 1. The van der Waals surface area contributed by atoms with Gasteiger partial charge in [-0.1, -0.05) is 24.3 Å². The summed E-state index contributed by atoms with van der Waals surface area (Å²) in [6.07, 6.45) is -1.24. The Labute approximate surface area is 182 Å². The van der Waals surface area contributed by atoms with Gasteiger partial charge in [0.05, 0.1) is 6.26 Å². The van der Waals surface area contributed by atoms with Crippen molar-refractivity contribution in [1.29, 1.82) is 0 Å². The van der Waals surface area contributed by atoms with Crippen molar-refractivity contribution in [3.05, 3.63) is 94.1 Å². The number of anilines is 1. The van der Waals surface area contributed by atoms with E-state index in [1.807, 2.05) is 0 Å². The van der Waals surface area contributed by atoms with E-state index >= 15 is 0 Å². The Hall–Kier alpha value is -3.20. The zero-order valence-electron chi connectivity index (χ0n) is 16.9. The van der Waals surface area contributed by atoms with Crippen LogP contribution in [0.15, 0.2) is 54.6 Å². The van der Waals surface area contributed by atoms with E-state index in [9.17, 15) is 26.0 Å². The number of halogens is 4. The Morgan fingerprint density at radius 2 is 1.75 bits per heavy atom. The van der Waals surface area contributed by atoms with Gasteiger partial charge in [0.1, 0.15) is 11.5 Å². The van der Waals surface area contributed by atoms with Gasteiger partial charge in [0, 0.05) is 16.9 Å². The summed E-state index contributed by atoms with van der Waals surface area (Å²) < 4.78 is 79.1. The summed E-state index contributed by atoms with van der Waals surface area (Å²) in [5.41, 5.74) is 2.72. The van der Waals surface area contributed by atoms with Crippen LogP contribution in [-0.2, 0) is 29.0 Å². The van der Waals surface area contributed by atoms with E-state index in [1.54, 1.807) is 36.4 Å². The lowest BCUT2D eigenvalue weighted by Crippen LogP contribution is -2.10. The fourth-order valence-corrected chi connectivity index (χ4v) is 4.31. The topological polar surface area (TPSA) is 59.1 Å². The highest BCUT2D eigenvalue weighted by Gasteiger charge is 2.33. The first kappa shape index (κ1) is 22.0. The molecule has 1 heterocycles. The summed E-state index contributed by atoms with van der Waals surface area (Å²) in [5, 5.41) is 0. The second-order valence-corrected chi connectivity index (χ2v) is 9.30. The molecule has 0 amide bonds. The van der Waals surface area contributed by atoms with Crippen LogP contribution in [0.4, 0.5) is 23.2 Å². The number of pyridine rings is 1. The maximum atomic E-state index is 13.9. The molecule has 0 spiro atoms. The number of hydrogen-bond acceptors (Lipinski definition) is 3. The molecule has 0 unspecified atom stereocenters. The van der Waals surface area contributed by atoms with E-state index in [2.05, 4.69) is 9.71 Å². The summed E-state index contributed by atoms with van der Waals surface area (Å²) in [7, 11) is -3.48. The lowest BCUT2D eigenvalue weighted by atomic mass is 9.93. The van der Waals surface area contributed by atoms with Crippen molar-refractivity contribution in [3.8, 4) is 0 Å². The van der Waals surface area contributed by atoms with Crippen molar-refractivity contribution < 1.29 is 26.0 Å². The number of hydrogen-bond donors (Lipinski definition) is 1. The Bertz CT molecular complexity index is 1330. The Morgan fingerprint density at radius 1 is 1.00 bits per heavy atom. The summed E-state index contributed by atoms with van der Waals surface area (Å²) in [4.78, 5) is 3.86. The third-order valence-electron chi connectivity index (χ3n) is 5.04. The molecule has 0 bridgehead atoms. The average molecular weight is 462 g/mol. The van der Waals surface area contributed by atoms with Crippen molar-refractivity contribution in [2.45, 2.75) is 19.0 Å². The van der Waals surface area contributed by atoms with Crippen LogP contribution >= 0.6 is 0 Å². The normalized spacial score (nSPS) is 15.1. The van der Waals surface area contributed by atoms with Gasteiger partial charge in [-0.2, -0.15) is 13.2 Å². The van der Waals surface area contributed by atoms with E-state index in [4.69, 9.17) is 0 Å². The third-order valence-corrected chi connectivity index (χ3v) is 5.65. The monoisotopic (exact) mass is 462 g/mol. The molecule has 1 N–H and O–H groups in total. The first-order chi connectivity index (χ1) is 15.0. The predicted molar refractivity (Wildman–Crippen MR) is 115 cm³/mol. The molecular weight excluding hydrogens is 444 g/mol. The first-order valence-corrected chi connectivity index (χ1v) is 11.5. The number of alkyl halides is 3. The molecule has 1 aromatic heterocycles. The first-order valence-electron chi connectivity index (χ1n) is 9.65. The van der Waals surface area contributed by atoms with Gasteiger partial charge in [-0.25, -0.2) is 17.8 Å². The minimum absolute atomic E-state index is 0.225. The number of aryl methyl sites for hydroxylation is 2. The summed E-state index contributed by atoms with van der Waals surface area (Å²) >= 11 is 0. The number of nitrogens with one attached hydrogen (secondary N) is 1. The average Bonchev–Trinajstić information content (AvgIpc) is 2.83. The van der Waals surface area contributed by atoms with Crippen LogP contribution < -0.4 is 4.72 Å². The predicted octanol–water partition coefficient (Wildman–Crippen LogP) is 5.30. The molecule has 3 aromatic rings. The van der Waals surface area contributed by atoms with Gasteiger partial charge >= 0.3 is 6.18 Å². The molecule has 166 valence electrons. The van der Waals surface area contributed by atoms with Crippen molar-refractivity contribution in [2.75, 3.05) is 11.0 Å². The molecule has 4 nitrogen and oxygen atoms in total. The Morgan fingerprint density at radius 3 is 2.47 bits per heavy atom. The highest BCUT2D eigenvalue weighted by molar-refractivity contribution is 7.92. The van der Waals surface area contributed by atoms with Crippen LogP contribution in [0.5, 0.6) is 0 Å². The van der Waals surface area contributed by atoms with Gasteiger partial charge in [-0.15, -0.1) is 0 Å². The molecule has 0 radical (unpaired) electrons. The van der Waals surface area contributed by atoms with Crippen molar-refractivity contribution in [2.24, 2.45) is 0 Å². The van der Waals surface area contributed by atoms with Crippen LogP contribution in [0.3, 0.4) is 0 Å². The fourth-order valence-electron chi connectivity index (χ4n) is 3.75. The molecule has 0 saturated heterocycles. The highest BCUT2D eigenvalue weighted by atomic mass is 32.2. The molecule has 0 aliphatic heterocycles. The van der Waals surface area contributed by atoms with E-state index < -0.39 is 27.7 Å². The maximum absolute atomic E-state index is 13.9. The van der Waals surface area contributed by atoms with E-state index in [0.29, 0.717) is 39.9 Å². The van der Waals surface area contributed by atoms with Crippen LogP contribution in [0, 0.1) is 5.82 Å². The van der Waals surface area contributed by atoms with Crippen LogP contribution in [0.1, 0.15) is 33.6 Å². The van der Waals surface area contributed by atoms with Gasteiger partial charge in [-0.3, -0.25) is 4.72 Å². The molecule has 9 heteroatoms. The van der Waals surface area contributed by atoms with E-state index in [0.717, 1.165) is 12.3 Å². The molecule has 32 heavy (non-hydrogen) atoms. The largest absolute Gasteiger partial charge is 0.433 e. The summed E-state index contributed by atoms with van der Waals surface area (Å²) in [5.74, 6) is -0.433. The van der Waals surface area contributed by atoms with Crippen LogP contribution in [0.25, 0.3) is 11.6 Å². The minimum Gasteiger partial charge on any atom is -0.284 e. The zero-order chi connectivity index (χ0) is 23.1. The lowest BCUT2D eigenvalue weighted by molar-refractivity contribution is -0.141. The lowest BCUT2D eigenvalue weighted by Gasteiger charge is -2.14.